The van der Waals surface area contributed by atoms with Gasteiger partial charge < -0.3 is 14.9 Å². The van der Waals surface area contributed by atoms with E-state index in [0.717, 1.165) is 40.9 Å². The first-order valence-corrected chi connectivity index (χ1v) is 14.9. The Kier molecular flexibility index (Phi) is 7.06. The Labute approximate surface area is 217 Å². The van der Waals surface area contributed by atoms with Crippen molar-refractivity contribution in [1.82, 2.24) is 15.0 Å². The Morgan fingerprint density at radius 2 is 1.86 bits per heavy atom. The van der Waals surface area contributed by atoms with Crippen molar-refractivity contribution in [1.29, 1.82) is 0 Å². The molecule has 0 amide bonds. The zero-order valence-corrected chi connectivity index (χ0v) is 22.3. The number of sulfone groups is 1. The highest BCUT2D eigenvalue weighted by Gasteiger charge is 2.31. The fraction of sp³-hybridized carbons (Fsp3) is 0.519. The van der Waals surface area contributed by atoms with Gasteiger partial charge in [-0.3, -0.25) is 4.98 Å². The van der Waals surface area contributed by atoms with E-state index in [1.807, 2.05) is 12.3 Å². The molecule has 2 aliphatic rings. The first kappa shape index (κ1) is 25.8. The van der Waals surface area contributed by atoms with Crippen molar-refractivity contribution in [2.45, 2.75) is 44.9 Å². The molecule has 5 rings (SSSR count). The monoisotopic (exact) mass is 527 g/mol. The van der Waals surface area contributed by atoms with Crippen LogP contribution in [0.25, 0.3) is 10.8 Å². The highest BCUT2D eigenvalue weighted by atomic mass is 32.2. The topological polar surface area (TPSA) is 99.5 Å². The first-order chi connectivity index (χ1) is 17.6. The molecule has 2 unspecified atom stereocenters. The molecule has 2 fully saturated rings. The molecule has 2 aliphatic heterocycles. The highest BCUT2D eigenvalue weighted by molar-refractivity contribution is 7.90. The van der Waals surface area contributed by atoms with Gasteiger partial charge in [0.25, 0.3) is 0 Å². The van der Waals surface area contributed by atoms with Crippen molar-refractivity contribution in [3.63, 3.8) is 0 Å². The molecule has 2 aromatic heterocycles. The van der Waals surface area contributed by atoms with Crippen LogP contribution in [0, 0.1) is 5.92 Å². The summed E-state index contributed by atoms with van der Waals surface area (Å²) in [7, 11) is -2.98. The van der Waals surface area contributed by atoms with Gasteiger partial charge in [-0.25, -0.2) is 22.8 Å². The van der Waals surface area contributed by atoms with E-state index < -0.39 is 22.1 Å². The fourth-order valence-electron chi connectivity index (χ4n) is 5.36. The van der Waals surface area contributed by atoms with Gasteiger partial charge in [-0.1, -0.05) is 19.9 Å². The van der Waals surface area contributed by atoms with Crippen LogP contribution in [0.15, 0.2) is 36.7 Å². The summed E-state index contributed by atoms with van der Waals surface area (Å²) >= 11 is 0. The molecule has 0 radical (unpaired) electrons. The fourth-order valence-corrected chi connectivity index (χ4v) is 6.43. The summed E-state index contributed by atoms with van der Waals surface area (Å²) in [6, 6.07) is 8.26. The lowest BCUT2D eigenvalue weighted by molar-refractivity contribution is 0.0611. The Morgan fingerprint density at radius 1 is 1.08 bits per heavy atom. The lowest BCUT2D eigenvalue weighted by Crippen LogP contribution is -2.49. The van der Waals surface area contributed by atoms with Crippen molar-refractivity contribution in [3.8, 4) is 0 Å². The average Bonchev–Trinajstić information content (AvgIpc) is 2.82. The number of pyridine rings is 1. The standard InChI is InChI=1S/C27H34FN5O3S/c1-17(2)21-4-5-25(33-13-18(14-33)16-37(3,35)36)23-12-30-20(11-22(21)23)10-19-6-8-29-27(31-19)32-9-7-26(34)24(28)15-32/h4-6,8,11-12,17-18,24,26,34H,7,9-10,13-16H2,1-3H3. The summed E-state index contributed by atoms with van der Waals surface area (Å²) < 4.78 is 37.4. The van der Waals surface area contributed by atoms with E-state index in [0.29, 0.717) is 31.3 Å². The normalized spacial score (nSPS) is 21.0. The van der Waals surface area contributed by atoms with Gasteiger partial charge in [-0.05, 0) is 41.5 Å². The second-order valence-electron chi connectivity index (χ2n) is 10.8. The van der Waals surface area contributed by atoms with Crippen LogP contribution < -0.4 is 9.80 Å². The summed E-state index contributed by atoms with van der Waals surface area (Å²) in [6.07, 6.45) is 3.53. The van der Waals surface area contributed by atoms with Crippen molar-refractivity contribution >= 4 is 32.2 Å². The van der Waals surface area contributed by atoms with Gasteiger partial charge in [0.15, 0.2) is 0 Å². The second kappa shape index (κ2) is 10.1. The molecule has 0 saturated carbocycles. The average molecular weight is 528 g/mol. The van der Waals surface area contributed by atoms with Gasteiger partial charge in [-0.2, -0.15) is 0 Å². The van der Waals surface area contributed by atoms with Gasteiger partial charge in [0.1, 0.15) is 16.0 Å². The summed E-state index contributed by atoms with van der Waals surface area (Å²) in [5.41, 5.74) is 4.00. The Balaban J connectivity index is 1.39. The molecule has 198 valence electrons. The molecule has 2 saturated heterocycles. The molecular formula is C27H34FN5O3S. The lowest BCUT2D eigenvalue weighted by atomic mass is 9.93. The highest BCUT2D eigenvalue weighted by Crippen LogP contribution is 2.36. The third kappa shape index (κ3) is 5.70. The molecule has 0 spiro atoms. The summed E-state index contributed by atoms with van der Waals surface area (Å²) in [5.74, 6) is 1.18. The molecule has 1 N–H and O–H groups in total. The maximum atomic E-state index is 14.0. The van der Waals surface area contributed by atoms with E-state index in [1.54, 1.807) is 11.1 Å². The van der Waals surface area contributed by atoms with Crippen LogP contribution in [0.3, 0.4) is 0 Å². The second-order valence-corrected chi connectivity index (χ2v) is 12.9. The van der Waals surface area contributed by atoms with E-state index >= 15 is 0 Å². The number of rotatable bonds is 7. The molecule has 8 nitrogen and oxygen atoms in total. The summed E-state index contributed by atoms with van der Waals surface area (Å²) in [5, 5.41) is 11.9. The molecule has 2 atom stereocenters. The maximum absolute atomic E-state index is 14.0. The van der Waals surface area contributed by atoms with Gasteiger partial charge in [0.2, 0.25) is 5.95 Å². The van der Waals surface area contributed by atoms with Crippen molar-refractivity contribution < 1.29 is 17.9 Å². The first-order valence-electron chi connectivity index (χ1n) is 12.8. The van der Waals surface area contributed by atoms with Gasteiger partial charge in [-0.15, -0.1) is 0 Å². The van der Waals surface area contributed by atoms with Gasteiger partial charge in [0, 0.05) is 67.4 Å². The van der Waals surface area contributed by atoms with Crippen molar-refractivity contribution in [2.75, 3.05) is 48.0 Å². The number of aromatic nitrogens is 3. The third-order valence-electron chi connectivity index (χ3n) is 7.28. The minimum Gasteiger partial charge on any atom is -0.390 e. The Hall–Kier alpha value is -2.85. The number of fused-ring (bicyclic) bond motifs is 1. The van der Waals surface area contributed by atoms with Gasteiger partial charge >= 0.3 is 0 Å². The lowest BCUT2D eigenvalue weighted by Gasteiger charge is -2.41. The van der Waals surface area contributed by atoms with Crippen LogP contribution in [0.1, 0.15) is 43.1 Å². The predicted molar refractivity (Wildman–Crippen MR) is 144 cm³/mol. The molecular weight excluding hydrogens is 493 g/mol. The summed E-state index contributed by atoms with van der Waals surface area (Å²) in [4.78, 5) is 17.8. The van der Waals surface area contributed by atoms with E-state index in [-0.39, 0.29) is 18.2 Å². The Bertz CT molecular complexity index is 1390. The quantitative estimate of drug-likeness (QED) is 0.500. The number of aliphatic hydroxyl groups excluding tert-OH is 1. The van der Waals surface area contributed by atoms with Crippen molar-refractivity contribution in [3.05, 3.63) is 53.6 Å². The zero-order valence-electron chi connectivity index (χ0n) is 21.5. The maximum Gasteiger partial charge on any atom is 0.225 e. The molecule has 0 aliphatic carbocycles. The van der Waals surface area contributed by atoms with E-state index in [1.165, 1.54) is 11.8 Å². The van der Waals surface area contributed by atoms with Crippen LogP contribution in [-0.2, 0) is 16.3 Å². The molecule has 4 heterocycles. The van der Waals surface area contributed by atoms with Crippen LogP contribution in [0.4, 0.5) is 16.0 Å². The van der Waals surface area contributed by atoms with Crippen LogP contribution >= 0.6 is 0 Å². The molecule has 3 aromatic rings. The number of anilines is 2. The minimum atomic E-state index is -2.98. The van der Waals surface area contributed by atoms with E-state index in [4.69, 9.17) is 4.98 Å². The number of nitrogens with zero attached hydrogens (tertiary/aromatic N) is 5. The molecule has 10 heteroatoms. The number of halogens is 1. The van der Waals surface area contributed by atoms with Crippen LogP contribution in [-0.4, -0.2) is 78.9 Å². The van der Waals surface area contributed by atoms with Crippen molar-refractivity contribution in [2.24, 2.45) is 5.92 Å². The van der Waals surface area contributed by atoms with E-state index in [2.05, 4.69) is 46.9 Å². The minimum absolute atomic E-state index is 0.0842. The predicted octanol–water partition coefficient (Wildman–Crippen LogP) is 3.13. The third-order valence-corrected chi connectivity index (χ3v) is 8.36. The van der Waals surface area contributed by atoms with Gasteiger partial charge in [0.05, 0.1) is 24.1 Å². The number of aliphatic hydroxyl groups is 1. The van der Waals surface area contributed by atoms with Crippen LogP contribution in [0.5, 0.6) is 0 Å². The van der Waals surface area contributed by atoms with Crippen LogP contribution in [0.2, 0.25) is 0 Å². The number of piperidine rings is 1. The van der Waals surface area contributed by atoms with E-state index in [9.17, 15) is 17.9 Å². The Morgan fingerprint density at radius 3 is 2.57 bits per heavy atom. The summed E-state index contributed by atoms with van der Waals surface area (Å²) in [6.45, 7) is 6.39. The number of benzene rings is 1. The largest absolute Gasteiger partial charge is 0.390 e. The smallest absolute Gasteiger partial charge is 0.225 e. The molecule has 1 aromatic carbocycles. The molecule has 37 heavy (non-hydrogen) atoms. The SMILES string of the molecule is CC(C)c1ccc(N2CC(CS(C)(=O)=O)C2)c2cnc(Cc3ccnc(N4CCC(O)C(F)C4)n3)cc12. The number of hydrogen-bond acceptors (Lipinski definition) is 8. The number of hydrogen-bond donors (Lipinski definition) is 1. The zero-order chi connectivity index (χ0) is 26.3. The molecule has 0 bridgehead atoms. The number of alkyl halides is 1.